The van der Waals surface area contributed by atoms with Gasteiger partial charge in [-0.25, -0.2) is 0 Å². The average molecular weight is 575 g/mol. The lowest BCUT2D eigenvalue weighted by molar-refractivity contribution is 0.429. The molecule has 8 nitrogen and oxygen atoms in total. The zero-order valence-electron chi connectivity index (χ0n) is 24.3. The number of rotatable bonds is 8. The normalized spacial score (nSPS) is 13.7. The highest BCUT2D eigenvalue weighted by Gasteiger charge is 2.26. The van der Waals surface area contributed by atoms with Crippen molar-refractivity contribution in [3.63, 3.8) is 0 Å². The van der Waals surface area contributed by atoms with Gasteiger partial charge in [0.1, 0.15) is 46.0 Å². The van der Waals surface area contributed by atoms with Gasteiger partial charge in [-0.15, -0.1) is 0 Å². The van der Waals surface area contributed by atoms with Crippen LogP contribution in [0.1, 0.15) is 97.2 Å². The van der Waals surface area contributed by atoms with Crippen LogP contribution < -0.4 is 0 Å². The van der Waals surface area contributed by atoms with Crippen LogP contribution in [-0.2, 0) is 6.42 Å². The first-order valence-corrected chi connectivity index (χ1v) is 13.9. The Hall–Kier alpha value is -4.72. The Morgan fingerprint density at radius 1 is 0.429 bits per heavy atom. The monoisotopic (exact) mass is 574 g/mol. The van der Waals surface area contributed by atoms with E-state index in [0.717, 1.165) is 0 Å². The molecule has 0 aliphatic heterocycles. The number of hydrogen-bond acceptors (Lipinski definition) is 8. The van der Waals surface area contributed by atoms with Crippen LogP contribution in [0.15, 0.2) is 54.6 Å². The number of phenols is 8. The number of phenolic OH excluding ortho intramolecular Hbond substituents is 8. The van der Waals surface area contributed by atoms with Gasteiger partial charge < -0.3 is 40.9 Å². The van der Waals surface area contributed by atoms with E-state index >= 15 is 0 Å². The highest BCUT2D eigenvalue weighted by atomic mass is 16.3. The topological polar surface area (TPSA) is 162 Å². The Labute approximate surface area is 245 Å². The molecule has 0 saturated heterocycles. The lowest BCUT2D eigenvalue weighted by Gasteiger charge is -2.23. The second-order valence-corrected chi connectivity index (χ2v) is 11.4. The fraction of sp³-hybridized carbons (Fsp3) is 0.294. The van der Waals surface area contributed by atoms with Crippen LogP contribution in [0.4, 0.5) is 0 Å². The third-order valence-electron chi connectivity index (χ3n) is 8.14. The molecule has 3 atom stereocenters. The van der Waals surface area contributed by atoms with Gasteiger partial charge in [0.2, 0.25) is 0 Å². The average Bonchev–Trinajstić information content (AvgIpc) is 2.89. The Bertz CT molecular complexity index is 1630. The van der Waals surface area contributed by atoms with E-state index in [0.29, 0.717) is 45.4 Å². The minimum absolute atomic E-state index is 0.00684. The maximum absolute atomic E-state index is 10.9. The first-order chi connectivity index (χ1) is 19.7. The first-order valence-electron chi connectivity index (χ1n) is 13.9. The number of hydrogen-bond donors (Lipinski definition) is 8. The lowest BCUT2D eigenvalue weighted by Crippen LogP contribution is -2.05. The molecular formula is C34H38O8. The largest absolute Gasteiger partial charge is 0.508 e. The molecule has 4 rings (SSSR count). The summed E-state index contributed by atoms with van der Waals surface area (Å²) in [6, 6.07) is 13.1. The summed E-state index contributed by atoms with van der Waals surface area (Å²) < 4.78 is 0. The second-order valence-electron chi connectivity index (χ2n) is 11.4. The molecule has 222 valence electrons. The van der Waals surface area contributed by atoms with Gasteiger partial charge in [0, 0.05) is 58.4 Å². The minimum atomic E-state index is -0.579. The van der Waals surface area contributed by atoms with E-state index in [2.05, 4.69) is 0 Å². The van der Waals surface area contributed by atoms with E-state index in [-0.39, 0.29) is 57.8 Å². The molecule has 42 heavy (non-hydrogen) atoms. The van der Waals surface area contributed by atoms with Crippen molar-refractivity contribution in [1.29, 1.82) is 0 Å². The smallest absolute Gasteiger partial charge is 0.123 e. The molecule has 0 heterocycles. The molecule has 0 saturated carbocycles. The van der Waals surface area contributed by atoms with Crippen LogP contribution in [0.25, 0.3) is 0 Å². The van der Waals surface area contributed by atoms with Crippen molar-refractivity contribution in [3.05, 3.63) is 93.5 Å². The number of benzene rings is 4. The summed E-state index contributed by atoms with van der Waals surface area (Å²) in [5, 5.41) is 83.9. The Morgan fingerprint density at radius 2 is 0.810 bits per heavy atom. The van der Waals surface area contributed by atoms with Crippen molar-refractivity contribution in [2.75, 3.05) is 0 Å². The van der Waals surface area contributed by atoms with Crippen molar-refractivity contribution < 1.29 is 40.9 Å². The summed E-state index contributed by atoms with van der Waals surface area (Å²) in [5.74, 6) is -2.32. The van der Waals surface area contributed by atoms with E-state index < -0.39 is 11.8 Å². The van der Waals surface area contributed by atoms with Gasteiger partial charge in [0.15, 0.2) is 0 Å². The van der Waals surface area contributed by atoms with Crippen molar-refractivity contribution >= 4 is 0 Å². The zero-order chi connectivity index (χ0) is 31.0. The van der Waals surface area contributed by atoms with Crippen LogP contribution in [-0.4, -0.2) is 40.9 Å². The quantitative estimate of drug-likeness (QED) is 0.110. The summed E-state index contributed by atoms with van der Waals surface area (Å²) in [4.78, 5) is 0. The highest BCUT2D eigenvalue weighted by molar-refractivity contribution is 5.58. The van der Waals surface area contributed by atoms with Crippen LogP contribution in [0.5, 0.6) is 46.0 Å². The van der Waals surface area contributed by atoms with E-state index in [1.165, 1.54) is 30.3 Å². The van der Waals surface area contributed by atoms with Gasteiger partial charge in [0.05, 0.1) is 0 Å². The summed E-state index contributed by atoms with van der Waals surface area (Å²) >= 11 is 0. The molecule has 4 aromatic carbocycles. The number of aromatic hydroxyl groups is 8. The van der Waals surface area contributed by atoms with Gasteiger partial charge in [0.25, 0.3) is 0 Å². The van der Waals surface area contributed by atoms with Gasteiger partial charge in [-0.3, -0.25) is 0 Å². The first kappa shape index (κ1) is 30.2. The lowest BCUT2D eigenvalue weighted by atomic mass is 9.83. The van der Waals surface area contributed by atoms with Crippen LogP contribution in [0, 0.1) is 0 Å². The summed E-state index contributed by atoms with van der Waals surface area (Å²) in [6.07, 6.45) is 0.346. The van der Waals surface area contributed by atoms with Crippen molar-refractivity contribution in [3.8, 4) is 46.0 Å². The standard InChI is InChI=1S/C34H38O8/c1-16(2)22-10-24(31(39)13-29(22)37)18(4)26-12-27(34(42)15-33(26)41)19(5)25-11-23(30(38)14-32(25)40)17(3)8-20-6-7-21(35)9-28(20)36/h6-7,9-19,35-42H,8H2,1-5H3. The van der Waals surface area contributed by atoms with Crippen LogP contribution in [0.3, 0.4) is 0 Å². The Balaban J connectivity index is 1.73. The molecule has 0 radical (unpaired) electrons. The Morgan fingerprint density at radius 3 is 1.24 bits per heavy atom. The van der Waals surface area contributed by atoms with E-state index in [1.54, 1.807) is 38.1 Å². The molecule has 0 spiro atoms. The molecule has 8 heteroatoms. The van der Waals surface area contributed by atoms with Gasteiger partial charge in [-0.1, -0.05) is 40.7 Å². The van der Waals surface area contributed by atoms with Gasteiger partial charge >= 0.3 is 0 Å². The molecule has 0 aliphatic rings. The molecule has 0 fully saturated rings. The van der Waals surface area contributed by atoms with E-state index in [9.17, 15) is 40.9 Å². The second kappa shape index (κ2) is 11.6. The van der Waals surface area contributed by atoms with Gasteiger partial charge in [-0.05, 0) is 59.2 Å². The summed E-state index contributed by atoms with van der Waals surface area (Å²) in [5.41, 5.74) is 3.51. The van der Waals surface area contributed by atoms with E-state index in [1.807, 2.05) is 20.8 Å². The van der Waals surface area contributed by atoms with Crippen molar-refractivity contribution in [1.82, 2.24) is 0 Å². The predicted octanol–water partition coefficient (Wildman–Crippen LogP) is 7.10. The third-order valence-corrected chi connectivity index (χ3v) is 8.14. The summed E-state index contributed by atoms with van der Waals surface area (Å²) in [6.45, 7) is 9.28. The van der Waals surface area contributed by atoms with Crippen molar-refractivity contribution in [2.24, 2.45) is 0 Å². The molecule has 8 N–H and O–H groups in total. The molecule has 0 aliphatic carbocycles. The SMILES string of the molecule is CC(C)c1cc(C(C)c2cc(C(C)c3cc(C(C)Cc4ccc(O)cc4O)c(O)cc3O)c(O)cc2O)c(O)cc1O. The third kappa shape index (κ3) is 5.84. The minimum Gasteiger partial charge on any atom is -0.508 e. The van der Waals surface area contributed by atoms with Crippen molar-refractivity contribution in [2.45, 2.75) is 64.7 Å². The maximum atomic E-state index is 10.9. The summed E-state index contributed by atoms with van der Waals surface area (Å²) in [7, 11) is 0. The highest BCUT2D eigenvalue weighted by Crippen LogP contribution is 2.46. The molecule has 4 aromatic rings. The molecule has 0 bridgehead atoms. The predicted molar refractivity (Wildman–Crippen MR) is 160 cm³/mol. The molecular weight excluding hydrogens is 536 g/mol. The maximum Gasteiger partial charge on any atom is 0.123 e. The molecule has 3 unspecified atom stereocenters. The Kier molecular flexibility index (Phi) is 8.38. The molecule has 0 amide bonds. The van der Waals surface area contributed by atoms with Crippen LogP contribution in [0.2, 0.25) is 0 Å². The zero-order valence-corrected chi connectivity index (χ0v) is 24.3. The fourth-order valence-electron chi connectivity index (χ4n) is 5.58. The fourth-order valence-corrected chi connectivity index (χ4v) is 5.58. The van der Waals surface area contributed by atoms with E-state index in [4.69, 9.17) is 0 Å². The van der Waals surface area contributed by atoms with Gasteiger partial charge in [-0.2, -0.15) is 0 Å². The van der Waals surface area contributed by atoms with Crippen LogP contribution >= 0.6 is 0 Å². The molecule has 0 aromatic heterocycles.